The molecule has 1 aromatic carbocycles. The van der Waals surface area contributed by atoms with Gasteiger partial charge >= 0.3 is 0 Å². The Morgan fingerprint density at radius 3 is 2.74 bits per heavy atom. The summed E-state index contributed by atoms with van der Waals surface area (Å²) < 4.78 is 11.4. The Balaban J connectivity index is 2.16. The highest BCUT2D eigenvalue weighted by molar-refractivity contribution is 5.58. The number of benzene rings is 1. The van der Waals surface area contributed by atoms with Crippen molar-refractivity contribution >= 4 is 6.08 Å². The molecule has 3 nitrogen and oxygen atoms in total. The van der Waals surface area contributed by atoms with Gasteiger partial charge in [0.2, 0.25) is 0 Å². The minimum atomic E-state index is 0.734. The standard InChI is InChI=1S/C16H23NO2/c1-3-13(12-17-4-2)10-14-6-7-15-16(11-14)19-9-5-8-18-15/h6-7,10-11,17H,3-5,8-9,12H2,1-2H3. The zero-order valence-corrected chi connectivity index (χ0v) is 11.9. The number of ether oxygens (including phenoxy) is 2. The van der Waals surface area contributed by atoms with Gasteiger partial charge in [-0.3, -0.25) is 0 Å². The lowest BCUT2D eigenvalue weighted by atomic mass is 10.1. The van der Waals surface area contributed by atoms with Gasteiger partial charge in [0.1, 0.15) is 0 Å². The molecule has 104 valence electrons. The summed E-state index contributed by atoms with van der Waals surface area (Å²) in [6.45, 7) is 7.73. The predicted molar refractivity (Wildman–Crippen MR) is 78.9 cm³/mol. The smallest absolute Gasteiger partial charge is 0.161 e. The van der Waals surface area contributed by atoms with Crippen LogP contribution >= 0.6 is 0 Å². The second kappa shape index (κ2) is 7.19. The lowest BCUT2D eigenvalue weighted by Crippen LogP contribution is -2.15. The van der Waals surface area contributed by atoms with Gasteiger partial charge in [0.15, 0.2) is 11.5 Å². The highest BCUT2D eigenvalue weighted by Gasteiger charge is 2.10. The summed E-state index contributed by atoms with van der Waals surface area (Å²) in [7, 11) is 0. The minimum absolute atomic E-state index is 0.734. The maximum atomic E-state index is 5.72. The Morgan fingerprint density at radius 2 is 2.00 bits per heavy atom. The first-order valence-electron chi connectivity index (χ1n) is 7.13. The molecule has 2 rings (SSSR count). The van der Waals surface area contributed by atoms with Crippen LogP contribution in [0.2, 0.25) is 0 Å². The summed E-state index contributed by atoms with van der Waals surface area (Å²) >= 11 is 0. The molecule has 1 aliphatic rings. The van der Waals surface area contributed by atoms with Crippen molar-refractivity contribution in [2.75, 3.05) is 26.3 Å². The summed E-state index contributed by atoms with van der Waals surface area (Å²) in [5.41, 5.74) is 2.58. The van der Waals surface area contributed by atoms with Crippen molar-refractivity contribution in [1.82, 2.24) is 5.32 Å². The van der Waals surface area contributed by atoms with E-state index in [-0.39, 0.29) is 0 Å². The molecule has 0 unspecified atom stereocenters. The van der Waals surface area contributed by atoms with E-state index in [4.69, 9.17) is 9.47 Å². The molecule has 0 fully saturated rings. The van der Waals surface area contributed by atoms with Crippen LogP contribution in [0.4, 0.5) is 0 Å². The van der Waals surface area contributed by atoms with Crippen molar-refractivity contribution in [2.24, 2.45) is 0 Å². The second-order valence-corrected chi connectivity index (χ2v) is 4.69. The van der Waals surface area contributed by atoms with Gasteiger partial charge < -0.3 is 14.8 Å². The summed E-state index contributed by atoms with van der Waals surface area (Å²) in [5, 5.41) is 3.37. The quantitative estimate of drug-likeness (QED) is 0.882. The Labute approximate surface area is 115 Å². The van der Waals surface area contributed by atoms with E-state index in [1.54, 1.807) is 0 Å². The zero-order valence-electron chi connectivity index (χ0n) is 11.9. The van der Waals surface area contributed by atoms with Crippen molar-refractivity contribution in [3.8, 4) is 11.5 Å². The van der Waals surface area contributed by atoms with Crippen molar-refractivity contribution in [2.45, 2.75) is 26.7 Å². The summed E-state index contributed by atoms with van der Waals surface area (Å²) in [6, 6.07) is 6.17. The average molecular weight is 261 g/mol. The van der Waals surface area contributed by atoms with Gasteiger partial charge in [-0.05, 0) is 30.7 Å². The number of nitrogens with one attached hydrogen (secondary N) is 1. The molecular formula is C16H23NO2. The van der Waals surface area contributed by atoms with Crippen LogP contribution in [0.5, 0.6) is 11.5 Å². The molecule has 0 aromatic heterocycles. The zero-order chi connectivity index (χ0) is 13.5. The highest BCUT2D eigenvalue weighted by Crippen LogP contribution is 2.31. The molecule has 0 bridgehead atoms. The molecule has 1 heterocycles. The normalized spacial score (nSPS) is 15.2. The third kappa shape index (κ3) is 4.00. The van der Waals surface area contributed by atoms with E-state index in [0.29, 0.717) is 0 Å². The van der Waals surface area contributed by atoms with Crippen molar-refractivity contribution < 1.29 is 9.47 Å². The molecule has 0 spiro atoms. The average Bonchev–Trinajstić information content (AvgIpc) is 2.68. The van der Waals surface area contributed by atoms with Crippen LogP contribution in [0, 0.1) is 0 Å². The molecule has 0 aliphatic carbocycles. The van der Waals surface area contributed by atoms with Crippen LogP contribution in [0.15, 0.2) is 23.8 Å². The van der Waals surface area contributed by atoms with Gasteiger partial charge in [-0.1, -0.05) is 31.6 Å². The maximum Gasteiger partial charge on any atom is 0.161 e. The Morgan fingerprint density at radius 1 is 1.21 bits per heavy atom. The number of likely N-dealkylation sites (N-methyl/N-ethyl adjacent to an activating group) is 1. The van der Waals surface area contributed by atoms with Gasteiger partial charge in [0.05, 0.1) is 13.2 Å². The van der Waals surface area contributed by atoms with E-state index in [1.807, 2.05) is 6.07 Å². The van der Waals surface area contributed by atoms with Gasteiger partial charge in [-0.25, -0.2) is 0 Å². The molecule has 0 saturated heterocycles. The molecule has 0 radical (unpaired) electrons. The molecule has 0 amide bonds. The topological polar surface area (TPSA) is 30.5 Å². The fourth-order valence-electron chi connectivity index (χ4n) is 2.07. The predicted octanol–water partition coefficient (Wildman–Crippen LogP) is 3.25. The van der Waals surface area contributed by atoms with Crippen molar-refractivity contribution in [3.63, 3.8) is 0 Å². The van der Waals surface area contributed by atoms with Crippen molar-refractivity contribution in [1.29, 1.82) is 0 Å². The first kappa shape index (κ1) is 13.9. The maximum absolute atomic E-state index is 5.72. The molecule has 1 aliphatic heterocycles. The fourth-order valence-corrected chi connectivity index (χ4v) is 2.07. The Bertz CT molecular complexity index is 440. The third-order valence-electron chi connectivity index (χ3n) is 3.20. The largest absolute Gasteiger partial charge is 0.490 e. The summed E-state index contributed by atoms with van der Waals surface area (Å²) in [5.74, 6) is 1.73. The molecule has 0 saturated carbocycles. The van der Waals surface area contributed by atoms with Crippen molar-refractivity contribution in [3.05, 3.63) is 29.3 Å². The highest BCUT2D eigenvalue weighted by atomic mass is 16.5. The molecule has 3 heteroatoms. The first-order valence-corrected chi connectivity index (χ1v) is 7.13. The Hall–Kier alpha value is -1.48. The van der Waals surface area contributed by atoms with E-state index in [1.165, 1.54) is 11.1 Å². The van der Waals surface area contributed by atoms with Gasteiger partial charge in [-0.15, -0.1) is 0 Å². The minimum Gasteiger partial charge on any atom is -0.490 e. The Kier molecular flexibility index (Phi) is 5.28. The van der Waals surface area contributed by atoms with E-state index < -0.39 is 0 Å². The number of fused-ring (bicyclic) bond motifs is 1. The number of rotatable bonds is 5. The monoisotopic (exact) mass is 261 g/mol. The van der Waals surface area contributed by atoms with E-state index in [0.717, 1.165) is 50.6 Å². The lowest BCUT2D eigenvalue weighted by molar-refractivity contribution is 0.297. The van der Waals surface area contributed by atoms with Crippen LogP contribution in [0.1, 0.15) is 32.3 Å². The summed E-state index contributed by atoms with van der Waals surface area (Å²) in [4.78, 5) is 0. The molecular weight excluding hydrogens is 238 g/mol. The number of hydrogen-bond donors (Lipinski definition) is 1. The second-order valence-electron chi connectivity index (χ2n) is 4.69. The van der Waals surface area contributed by atoms with Crippen LogP contribution in [0.3, 0.4) is 0 Å². The van der Waals surface area contributed by atoms with E-state index >= 15 is 0 Å². The van der Waals surface area contributed by atoms with Crippen LogP contribution in [-0.4, -0.2) is 26.3 Å². The molecule has 0 atom stereocenters. The molecule has 19 heavy (non-hydrogen) atoms. The molecule has 1 aromatic rings. The fraction of sp³-hybridized carbons (Fsp3) is 0.500. The van der Waals surface area contributed by atoms with Crippen LogP contribution in [-0.2, 0) is 0 Å². The molecule has 1 N–H and O–H groups in total. The summed E-state index contributed by atoms with van der Waals surface area (Å²) in [6.07, 6.45) is 4.24. The van der Waals surface area contributed by atoms with E-state index in [9.17, 15) is 0 Å². The van der Waals surface area contributed by atoms with Gasteiger partial charge in [-0.2, -0.15) is 0 Å². The van der Waals surface area contributed by atoms with Crippen LogP contribution in [0.25, 0.3) is 6.08 Å². The third-order valence-corrected chi connectivity index (χ3v) is 3.20. The first-order chi connectivity index (χ1) is 9.33. The lowest BCUT2D eigenvalue weighted by Gasteiger charge is -2.09. The van der Waals surface area contributed by atoms with E-state index in [2.05, 4.69) is 37.4 Å². The SMILES string of the molecule is CCNCC(=Cc1ccc2c(c1)OCCCO2)CC. The van der Waals surface area contributed by atoms with Gasteiger partial charge in [0.25, 0.3) is 0 Å². The van der Waals surface area contributed by atoms with Crippen LogP contribution < -0.4 is 14.8 Å². The van der Waals surface area contributed by atoms with Gasteiger partial charge in [0, 0.05) is 13.0 Å². The number of hydrogen-bond acceptors (Lipinski definition) is 3.